The Morgan fingerprint density at radius 2 is 1.20 bits per heavy atom. The fourth-order valence-electron chi connectivity index (χ4n) is 2.94. The van der Waals surface area contributed by atoms with Crippen LogP contribution in [0.4, 0.5) is 0 Å². The molecule has 3 rings (SSSR count). The summed E-state index contributed by atoms with van der Waals surface area (Å²) in [6.45, 7) is 4.82. The molecule has 0 radical (unpaired) electrons. The Morgan fingerprint density at radius 3 is 1.67 bits per heavy atom. The number of sulfonamides is 1. The van der Waals surface area contributed by atoms with Gasteiger partial charge in [-0.2, -0.15) is 4.31 Å². The minimum Gasteiger partial charge on any atom is -0.492 e. The Morgan fingerprint density at radius 1 is 0.700 bits per heavy atom. The second kappa shape index (κ2) is 10.3. The number of nitrogens with zero attached hydrogens (tertiary/aromatic N) is 1. The summed E-state index contributed by atoms with van der Waals surface area (Å²) in [4.78, 5) is 0.282. The van der Waals surface area contributed by atoms with Crippen LogP contribution in [-0.2, 0) is 10.0 Å². The number of aryl methyl sites for hydroxylation is 2. The van der Waals surface area contributed by atoms with Crippen molar-refractivity contribution in [2.45, 2.75) is 18.7 Å². The van der Waals surface area contributed by atoms with E-state index in [1.807, 2.05) is 80.6 Å². The van der Waals surface area contributed by atoms with Crippen molar-refractivity contribution in [3.05, 3.63) is 90.0 Å². The fourth-order valence-corrected chi connectivity index (χ4v) is 4.43. The molecule has 158 valence electrons. The minimum atomic E-state index is -3.68. The summed E-state index contributed by atoms with van der Waals surface area (Å²) in [7, 11) is -3.68. The van der Waals surface area contributed by atoms with Crippen LogP contribution in [0.25, 0.3) is 0 Å². The van der Waals surface area contributed by atoms with Gasteiger partial charge in [-0.3, -0.25) is 0 Å². The van der Waals surface area contributed by atoms with Gasteiger partial charge in [-0.1, -0.05) is 42.5 Å². The van der Waals surface area contributed by atoms with Crippen molar-refractivity contribution in [3.63, 3.8) is 0 Å². The first kappa shape index (κ1) is 21.9. The van der Waals surface area contributed by atoms with Crippen molar-refractivity contribution in [2.75, 3.05) is 26.3 Å². The third-order valence-electron chi connectivity index (χ3n) is 4.82. The highest BCUT2D eigenvalue weighted by molar-refractivity contribution is 7.89. The normalized spacial score (nSPS) is 11.4. The van der Waals surface area contributed by atoms with Crippen LogP contribution in [0.2, 0.25) is 0 Å². The smallest absolute Gasteiger partial charge is 0.243 e. The summed E-state index contributed by atoms with van der Waals surface area (Å²) in [5.74, 6) is 1.42. The first-order chi connectivity index (χ1) is 14.5. The van der Waals surface area contributed by atoms with E-state index in [9.17, 15) is 8.42 Å². The molecule has 3 aromatic rings. The average molecular weight is 426 g/mol. The lowest BCUT2D eigenvalue weighted by molar-refractivity contribution is 0.237. The predicted molar refractivity (Wildman–Crippen MR) is 119 cm³/mol. The molecule has 5 nitrogen and oxygen atoms in total. The molecule has 0 aliphatic rings. The van der Waals surface area contributed by atoms with E-state index in [1.54, 1.807) is 12.1 Å². The van der Waals surface area contributed by atoms with Crippen LogP contribution in [0.15, 0.2) is 83.8 Å². The molecule has 0 saturated carbocycles. The van der Waals surface area contributed by atoms with Crippen molar-refractivity contribution in [1.29, 1.82) is 0 Å². The second-order valence-corrected chi connectivity index (χ2v) is 8.91. The molecule has 0 unspecified atom stereocenters. The molecule has 0 atom stereocenters. The van der Waals surface area contributed by atoms with Gasteiger partial charge in [-0.25, -0.2) is 8.42 Å². The summed E-state index contributed by atoms with van der Waals surface area (Å²) in [6.07, 6.45) is 0. The highest BCUT2D eigenvalue weighted by Crippen LogP contribution is 2.20. The zero-order valence-corrected chi connectivity index (χ0v) is 18.1. The summed E-state index contributed by atoms with van der Waals surface area (Å²) < 4.78 is 39.5. The molecule has 0 N–H and O–H groups in total. The maximum Gasteiger partial charge on any atom is 0.243 e. The van der Waals surface area contributed by atoms with E-state index in [-0.39, 0.29) is 31.2 Å². The van der Waals surface area contributed by atoms with E-state index in [0.29, 0.717) is 11.5 Å². The molecule has 0 aromatic heterocycles. The van der Waals surface area contributed by atoms with Crippen LogP contribution in [0, 0.1) is 13.8 Å². The summed E-state index contributed by atoms with van der Waals surface area (Å²) in [5.41, 5.74) is 2.00. The Bertz CT molecular complexity index is 992. The topological polar surface area (TPSA) is 55.8 Å². The number of hydrogen-bond donors (Lipinski definition) is 0. The van der Waals surface area contributed by atoms with Gasteiger partial charge in [0.05, 0.1) is 4.90 Å². The number of para-hydroxylation sites is 2. The fraction of sp³-hybridized carbons (Fsp3) is 0.250. The van der Waals surface area contributed by atoms with E-state index in [4.69, 9.17) is 9.47 Å². The number of ether oxygens (including phenoxy) is 2. The Balaban J connectivity index is 1.72. The summed E-state index contributed by atoms with van der Waals surface area (Å²) in [6, 6.07) is 23.9. The number of rotatable bonds is 10. The van der Waals surface area contributed by atoms with Crippen molar-refractivity contribution in [2.24, 2.45) is 0 Å². The minimum absolute atomic E-state index is 0.225. The molecule has 0 saturated heterocycles. The van der Waals surface area contributed by atoms with E-state index >= 15 is 0 Å². The van der Waals surface area contributed by atoms with Crippen LogP contribution < -0.4 is 9.47 Å². The molecule has 30 heavy (non-hydrogen) atoms. The maximum atomic E-state index is 13.3. The van der Waals surface area contributed by atoms with Gasteiger partial charge in [-0.15, -0.1) is 0 Å². The van der Waals surface area contributed by atoms with E-state index in [2.05, 4.69) is 0 Å². The Kier molecular flexibility index (Phi) is 7.49. The summed E-state index contributed by atoms with van der Waals surface area (Å²) >= 11 is 0. The Labute approximate surface area is 178 Å². The lowest BCUT2D eigenvalue weighted by Gasteiger charge is -2.23. The highest BCUT2D eigenvalue weighted by atomic mass is 32.2. The van der Waals surface area contributed by atoms with Crippen molar-refractivity contribution < 1.29 is 17.9 Å². The zero-order chi connectivity index (χ0) is 21.4. The van der Waals surface area contributed by atoms with Gasteiger partial charge in [0.25, 0.3) is 0 Å². The second-order valence-electron chi connectivity index (χ2n) is 6.97. The van der Waals surface area contributed by atoms with Gasteiger partial charge in [-0.05, 0) is 61.4 Å². The van der Waals surface area contributed by atoms with Crippen LogP contribution >= 0.6 is 0 Å². The van der Waals surface area contributed by atoms with Crippen LogP contribution in [0.3, 0.4) is 0 Å². The largest absolute Gasteiger partial charge is 0.492 e. The lowest BCUT2D eigenvalue weighted by Crippen LogP contribution is -2.37. The number of benzene rings is 3. The average Bonchev–Trinajstić information content (AvgIpc) is 2.76. The molecular weight excluding hydrogens is 398 g/mol. The predicted octanol–water partition coefficient (Wildman–Crippen LogP) is 4.45. The van der Waals surface area contributed by atoms with E-state index in [1.165, 1.54) is 4.31 Å². The third kappa shape index (κ3) is 5.84. The molecule has 0 aliphatic carbocycles. The van der Waals surface area contributed by atoms with Gasteiger partial charge < -0.3 is 9.47 Å². The molecule has 0 heterocycles. The molecule has 0 amide bonds. The van der Waals surface area contributed by atoms with Crippen molar-refractivity contribution in [1.82, 2.24) is 4.31 Å². The van der Waals surface area contributed by atoms with Gasteiger partial charge in [0, 0.05) is 13.1 Å². The molecule has 0 aliphatic heterocycles. The van der Waals surface area contributed by atoms with Gasteiger partial charge in [0.15, 0.2) is 0 Å². The van der Waals surface area contributed by atoms with Crippen molar-refractivity contribution in [3.8, 4) is 11.5 Å². The van der Waals surface area contributed by atoms with Crippen LogP contribution in [-0.4, -0.2) is 39.0 Å². The van der Waals surface area contributed by atoms with E-state index < -0.39 is 10.0 Å². The quantitative estimate of drug-likeness (QED) is 0.481. The molecular formula is C24H27NO4S. The molecule has 0 fully saturated rings. The summed E-state index contributed by atoms with van der Waals surface area (Å²) in [5, 5.41) is 0. The highest BCUT2D eigenvalue weighted by Gasteiger charge is 2.25. The zero-order valence-electron chi connectivity index (χ0n) is 17.3. The SMILES string of the molecule is Cc1ccc(S(=O)(=O)N(CCOc2ccccc2)CCOc2ccccc2)cc1C. The van der Waals surface area contributed by atoms with E-state index in [0.717, 1.165) is 11.1 Å². The number of hydrogen-bond acceptors (Lipinski definition) is 4. The molecule has 3 aromatic carbocycles. The van der Waals surface area contributed by atoms with Gasteiger partial charge in [0.1, 0.15) is 24.7 Å². The first-order valence-electron chi connectivity index (χ1n) is 9.90. The van der Waals surface area contributed by atoms with Crippen molar-refractivity contribution >= 4 is 10.0 Å². The van der Waals surface area contributed by atoms with Crippen LogP contribution in [0.5, 0.6) is 11.5 Å². The molecule has 0 bridgehead atoms. The molecule has 0 spiro atoms. The Hall–Kier alpha value is -2.83. The van der Waals surface area contributed by atoms with Gasteiger partial charge in [0.2, 0.25) is 10.0 Å². The standard InChI is InChI=1S/C24H27NO4S/c1-20-13-14-24(19-21(20)2)30(26,27)25(15-17-28-22-9-5-3-6-10-22)16-18-29-23-11-7-4-8-12-23/h3-14,19H,15-18H2,1-2H3. The maximum absolute atomic E-state index is 13.3. The monoisotopic (exact) mass is 425 g/mol. The third-order valence-corrected chi connectivity index (χ3v) is 6.72. The lowest BCUT2D eigenvalue weighted by atomic mass is 10.1. The molecule has 6 heteroatoms. The van der Waals surface area contributed by atoms with Gasteiger partial charge >= 0.3 is 0 Å². The van der Waals surface area contributed by atoms with Crippen LogP contribution in [0.1, 0.15) is 11.1 Å². The first-order valence-corrected chi connectivity index (χ1v) is 11.3.